The molecule has 2 heterocycles. The second-order valence-electron chi connectivity index (χ2n) is 9.14. The van der Waals surface area contributed by atoms with E-state index in [0.29, 0.717) is 12.3 Å². The van der Waals surface area contributed by atoms with Gasteiger partial charge in [-0.05, 0) is 37.0 Å². The van der Waals surface area contributed by atoms with Gasteiger partial charge < -0.3 is 4.90 Å². The third-order valence-electron chi connectivity index (χ3n) is 6.35. The van der Waals surface area contributed by atoms with Crippen LogP contribution in [0.2, 0.25) is 0 Å². The van der Waals surface area contributed by atoms with E-state index in [-0.39, 0.29) is 23.5 Å². The van der Waals surface area contributed by atoms with Gasteiger partial charge in [0.1, 0.15) is 0 Å². The summed E-state index contributed by atoms with van der Waals surface area (Å²) < 4.78 is 25.8. The lowest BCUT2D eigenvalue weighted by Crippen LogP contribution is -2.41. The van der Waals surface area contributed by atoms with E-state index in [1.807, 2.05) is 43.5 Å². The number of nitrogens with zero attached hydrogens (tertiary/aromatic N) is 3. The summed E-state index contributed by atoms with van der Waals surface area (Å²) in [7, 11) is -1.35. The largest absolute Gasteiger partial charge is 0.341 e. The van der Waals surface area contributed by atoms with Gasteiger partial charge in [0.05, 0.1) is 28.6 Å². The van der Waals surface area contributed by atoms with E-state index in [1.54, 1.807) is 11.9 Å². The second-order valence-corrected chi connectivity index (χ2v) is 12.7. The molecule has 2 aromatic carbocycles. The number of thioether (sulfide) groups is 1. The minimum Gasteiger partial charge on any atom is -0.341 e. The van der Waals surface area contributed by atoms with Gasteiger partial charge in [0.25, 0.3) is 0 Å². The summed E-state index contributed by atoms with van der Waals surface area (Å²) in [6, 6.07) is 18.3. The van der Waals surface area contributed by atoms with Gasteiger partial charge in [-0.1, -0.05) is 68.1 Å². The minimum absolute atomic E-state index is 0.0433. The van der Waals surface area contributed by atoms with Crippen molar-refractivity contribution in [3.63, 3.8) is 0 Å². The fourth-order valence-electron chi connectivity index (χ4n) is 4.24. The van der Waals surface area contributed by atoms with Crippen LogP contribution >= 0.6 is 11.8 Å². The third-order valence-corrected chi connectivity index (χ3v) is 9.16. The number of carbonyl (C=O) groups is 1. The maximum atomic E-state index is 13.2. The number of benzene rings is 2. The van der Waals surface area contributed by atoms with Crippen molar-refractivity contribution in [3.8, 4) is 16.9 Å². The first kappa shape index (κ1) is 24.5. The van der Waals surface area contributed by atoms with Crippen molar-refractivity contribution < 1.29 is 13.2 Å². The molecule has 4 rings (SSSR count). The van der Waals surface area contributed by atoms with Gasteiger partial charge in [-0.15, -0.1) is 0 Å². The molecule has 0 aliphatic carbocycles. The SMILES string of the molecule is CC(Sc1ncc(-c2ccccc2)n1-c1ccc(C(C)C)cc1)C(=O)N(C)C1CCS(=O)(=O)C1. The van der Waals surface area contributed by atoms with Gasteiger partial charge >= 0.3 is 0 Å². The second kappa shape index (κ2) is 9.96. The maximum absolute atomic E-state index is 13.2. The first-order valence-electron chi connectivity index (χ1n) is 11.5. The molecule has 2 atom stereocenters. The summed E-state index contributed by atoms with van der Waals surface area (Å²) in [5.74, 6) is 0.542. The standard InChI is InChI=1S/C26H31N3O3S2/c1-18(2)20-10-12-22(13-11-20)29-24(21-8-6-5-7-9-21)16-27-26(29)33-19(3)25(30)28(4)23-14-15-34(31,32)17-23/h5-13,16,18-19,23H,14-15,17H2,1-4H3. The Balaban J connectivity index is 1.64. The molecule has 0 N–H and O–H groups in total. The molecule has 180 valence electrons. The van der Waals surface area contributed by atoms with Crippen molar-refractivity contribution >= 4 is 27.5 Å². The van der Waals surface area contributed by atoms with Gasteiger partial charge in [0.15, 0.2) is 15.0 Å². The molecule has 1 aliphatic heterocycles. The fraction of sp³-hybridized carbons (Fsp3) is 0.385. The van der Waals surface area contributed by atoms with Crippen molar-refractivity contribution in [2.75, 3.05) is 18.6 Å². The molecule has 1 amide bonds. The lowest BCUT2D eigenvalue weighted by atomic mass is 10.0. The molecule has 1 aromatic heterocycles. The average Bonchev–Trinajstić information content (AvgIpc) is 3.41. The summed E-state index contributed by atoms with van der Waals surface area (Å²) >= 11 is 1.40. The van der Waals surface area contributed by atoms with Crippen LogP contribution in [0.1, 0.15) is 38.7 Å². The highest BCUT2D eigenvalue weighted by Gasteiger charge is 2.34. The zero-order valence-corrected chi connectivity index (χ0v) is 21.6. The van der Waals surface area contributed by atoms with Crippen LogP contribution in [-0.4, -0.2) is 58.6 Å². The van der Waals surface area contributed by atoms with Gasteiger partial charge in [-0.3, -0.25) is 9.36 Å². The highest BCUT2D eigenvalue weighted by Crippen LogP contribution is 2.33. The quantitative estimate of drug-likeness (QED) is 0.439. The van der Waals surface area contributed by atoms with E-state index in [1.165, 1.54) is 17.3 Å². The Morgan fingerprint density at radius 3 is 2.35 bits per heavy atom. The molecule has 1 fully saturated rings. The molecule has 0 saturated carbocycles. The number of amides is 1. The zero-order valence-electron chi connectivity index (χ0n) is 20.0. The molecule has 8 heteroatoms. The van der Waals surface area contributed by atoms with Crippen molar-refractivity contribution in [1.29, 1.82) is 0 Å². The number of carbonyl (C=O) groups excluding carboxylic acids is 1. The van der Waals surface area contributed by atoms with Crippen LogP contribution in [0, 0.1) is 0 Å². The predicted octanol–water partition coefficient (Wildman–Crippen LogP) is 4.79. The number of hydrogen-bond donors (Lipinski definition) is 0. The smallest absolute Gasteiger partial charge is 0.235 e. The summed E-state index contributed by atoms with van der Waals surface area (Å²) in [5, 5.41) is 0.317. The van der Waals surface area contributed by atoms with Crippen LogP contribution in [0.5, 0.6) is 0 Å². The molecule has 3 aromatic rings. The lowest BCUT2D eigenvalue weighted by Gasteiger charge is -2.26. The van der Waals surface area contributed by atoms with E-state index in [4.69, 9.17) is 0 Å². The molecule has 0 spiro atoms. The molecule has 0 bridgehead atoms. The minimum atomic E-state index is -3.06. The summed E-state index contributed by atoms with van der Waals surface area (Å²) in [4.78, 5) is 19.5. The normalized spacial score (nSPS) is 18.2. The Morgan fingerprint density at radius 1 is 1.09 bits per heavy atom. The van der Waals surface area contributed by atoms with Crippen LogP contribution in [0.15, 0.2) is 66.0 Å². The van der Waals surface area contributed by atoms with E-state index >= 15 is 0 Å². The molecule has 0 radical (unpaired) electrons. The van der Waals surface area contributed by atoms with Crippen LogP contribution in [0.3, 0.4) is 0 Å². The Hall–Kier alpha value is -2.58. The Morgan fingerprint density at radius 2 is 1.76 bits per heavy atom. The number of aromatic nitrogens is 2. The van der Waals surface area contributed by atoms with Gasteiger partial charge in [-0.25, -0.2) is 13.4 Å². The molecule has 1 saturated heterocycles. The number of rotatable bonds is 7. The van der Waals surface area contributed by atoms with Crippen LogP contribution in [0.4, 0.5) is 0 Å². The van der Waals surface area contributed by atoms with Gasteiger partial charge in [0.2, 0.25) is 5.91 Å². The first-order chi connectivity index (χ1) is 16.2. The van der Waals surface area contributed by atoms with E-state index in [0.717, 1.165) is 22.1 Å². The zero-order chi connectivity index (χ0) is 24.5. The summed E-state index contributed by atoms with van der Waals surface area (Å²) in [5.41, 5.74) is 4.24. The van der Waals surface area contributed by atoms with Crippen LogP contribution in [0.25, 0.3) is 16.9 Å². The Labute approximate surface area is 206 Å². The topological polar surface area (TPSA) is 72.3 Å². The van der Waals surface area contributed by atoms with Crippen molar-refractivity contribution in [2.45, 2.75) is 49.6 Å². The van der Waals surface area contributed by atoms with E-state index in [9.17, 15) is 13.2 Å². The number of hydrogen-bond acceptors (Lipinski definition) is 5. The molecule has 34 heavy (non-hydrogen) atoms. The van der Waals surface area contributed by atoms with Gasteiger partial charge in [0, 0.05) is 24.3 Å². The average molecular weight is 498 g/mol. The predicted molar refractivity (Wildman–Crippen MR) is 138 cm³/mol. The maximum Gasteiger partial charge on any atom is 0.235 e. The van der Waals surface area contributed by atoms with Crippen molar-refractivity contribution in [3.05, 3.63) is 66.4 Å². The highest BCUT2D eigenvalue weighted by atomic mass is 32.2. The molecule has 1 aliphatic rings. The number of sulfone groups is 1. The molecule has 6 nitrogen and oxygen atoms in total. The lowest BCUT2D eigenvalue weighted by molar-refractivity contribution is -0.130. The summed E-state index contributed by atoms with van der Waals surface area (Å²) in [6.45, 7) is 6.20. The van der Waals surface area contributed by atoms with Crippen molar-refractivity contribution in [1.82, 2.24) is 14.5 Å². The van der Waals surface area contributed by atoms with E-state index < -0.39 is 15.1 Å². The van der Waals surface area contributed by atoms with Gasteiger partial charge in [-0.2, -0.15) is 0 Å². The Bertz CT molecular complexity index is 1250. The third kappa shape index (κ3) is 5.23. The van der Waals surface area contributed by atoms with Crippen LogP contribution in [-0.2, 0) is 14.6 Å². The molecule has 2 unspecified atom stereocenters. The van der Waals surface area contributed by atoms with Crippen LogP contribution < -0.4 is 0 Å². The molecular formula is C26H31N3O3S2. The Kier molecular flexibility index (Phi) is 7.19. The number of imidazole rings is 1. The fourth-order valence-corrected chi connectivity index (χ4v) is 7.02. The first-order valence-corrected chi connectivity index (χ1v) is 14.2. The monoisotopic (exact) mass is 497 g/mol. The van der Waals surface area contributed by atoms with E-state index in [2.05, 4.69) is 47.7 Å². The highest BCUT2D eigenvalue weighted by molar-refractivity contribution is 8.00. The summed E-state index contributed by atoms with van der Waals surface area (Å²) in [6.07, 6.45) is 2.34. The molecular weight excluding hydrogens is 466 g/mol. The van der Waals surface area contributed by atoms with Crippen molar-refractivity contribution in [2.24, 2.45) is 0 Å².